The molecule has 1 aliphatic rings. The van der Waals surface area contributed by atoms with Crippen molar-refractivity contribution in [2.24, 2.45) is 0 Å². The van der Waals surface area contributed by atoms with Crippen LogP contribution in [0.25, 0.3) is 0 Å². The first-order chi connectivity index (χ1) is 5.89. The lowest BCUT2D eigenvalue weighted by molar-refractivity contribution is -0.114. The topological polar surface area (TPSA) is 17.1 Å². The van der Waals surface area contributed by atoms with Crippen molar-refractivity contribution in [2.75, 3.05) is 0 Å². The Labute approximate surface area is 74.2 Å². The Hall–Kier alpha value is -0.850. The molecule has 1 nitrogen and oxygen atoms in total. The number of carbonyl (C=O) groups is 1. The van der Waals surface area contributed by atoms with Gasteiger partial charge < -0.3 is 0 Å². The lowest BCUT2D eigenvalue weighted by Gasteiger charge is -1.90. The minimum absolute atomic E-state index is 0.265. The summed E-state index contributed by atoms with van der Waals surface area (Å²) in [7, 11) is 0. The average molecular weight is 164 g/mol. The third kappa shape index (κ3) is 4.12. The average Bonchev–Trinajstić information content (AvgIpc) is 2.11. The molecule has 0 atom stereocenters. The maximum Gasteiger partial charge on any atom is 0.155 e. The zero-order valence-corrected chi connectivity index (χ0v) is 7.46. The lowest BCUT2D eigenvalue weighted by Crippen LogP contribution is -1.89. The molecule has 1 heteroatoms. The van der Waals surface area contributed by atoms with E-state index in [1.807, 2.05) is 6.08 Å². The van der Waals surface area contributed by atoms with Gasteiger partial charge in [0.2, 0.25) is 0 Å². The Morgan fingerprint density at radius 3 is 2.42 bits per heavy atom. The van der Waals surface area contributed by atoms with E-state index < -0.39 is 0 Å². The van der Waals surface area contributed by atoms with Crippen LogP contribution in [0, 0.1) is 0 Å². The summed E-state index contributed by atoms with van der Waals surface area (Å²) in [6.45, 7) is 0. The Morgan fingerprint density at radius 2 is 1.58 bits per heavy atom. The van der Waals surface area contributed by atoms with Crippen molar-refractivity contribution in [2.45, 2.75) is 38.5 Å². The smallest absolute Gasteiger partial charge is 0.155 e. The highest BCUT2D eigenvalue weighted by molar-refractivity contribution is 5.89. The molecule has 0 heterocycles. The number of allylic oxidation sites excluding steroid dienone is 4. The minimum Gasteiger partial charge on any atom is -0.295 e. The Balaban J connectivity index is 2.39. The van der Waals surface area contributed by atoms with Crippen LogP contribution in [0.3, 0.4) is 0 Å². The summed E-state index contributed by atoms with van der Waals surface area (Å²) in [5, 5.41) is 0. The molecule has 0 radical (unpaired) electrons. The van der Waals surface area contributed by atoms with E-state index in [0.29, 0.717) is 6.42 Å². The van der Waals surface area contributed by atoms with E-state index in [-0.39, 0.29) is 5.78 Å². The molecule has 0 N–H and O–H groups in total. The predicted octanol–water partition coefficient (Wildman–Crippen LogP) is 3.02. The molecule has 0 aliphatic heterocycles. The number of carbonyl (C=O) groups excluding carboxylic acids is 1. The summed E-state index contributed by atoms with van der Waals surface area (Å²) in [5.74, 6) is 0.265. The first kappa shape index (κ1) is 9.24. The van der Waals surface area contributed by atoms with Crippen molar-refractivity contribution in [1.82, 2.24) is 0 Å². The molecule has 0 bridgehead atoms. The van der Waals surface area contributed by atoms with Crippen molar-refractivity contribution in [3.8, 4) is 0 Å². The molecule has 1 aliphatic carbocycles. The third-order valence-corrected chi connectivity index (χ3v) is 2.02. The number of ketones is 1. The molecular weight excluding hydrogens is 148 g/mol. The van der Waals surface area contributed by atoms with Crippen LogP contribution in [-0.4, -0.2) is 5.78 Å². The molecule has 0 saturated heterocycles. The first-order valence-corrected chi connectivity index (χ1v) is 4.74. The minimum atomic E-state index is 0.265. The molecule has 0 aromatic rings. The van der Waals surface area contributed by atoms with Crippen LogP contribution < -0.4 is 0 Å². The van der Waals surface area contributed by atoms with E-state index in [0.717, 1.165) is 12.8 Å². The summed E-state index contributed by atoms with van der Waals surface area (Å²) in [5.41, 5.74) is 0. The van der Waals surface area contributed by atoms with Crippen molar-refractivity contribution in [3.63, 3.8) is 0 Å². The fraction of sp³-hybridized carbons (Fsp3) is 0.545. The molecule has 12 heavy (non-hydrogen) atoms. The van der Waals surface area contributed by atoms with E-state index in [9.17, 15) is 4.79 Å². The van der Waals surface area contributed by atoms with E-state index in [4.69, 9.17) is 0 Å². The second-order valence-electron chi connectivity index (χ2n) is 3.16. The van der Waals surface area contributed by atoms with Gasteiger partial charge in [0.05, 0.1) is 0 Å². The fourth-order valence-electron chi connectivity index (χ4n) is 1.28. The Morgan fingerprint density at radius 1 is 0.917 bits per heavy atom. The third-order valence-electron chi connectivity index (χ3n) is 2.02. The molecular formula is C11H16O. The summed E-state index contributed by atoms with van der Waals surface area (Å²) in [6, 6.07) is 0. The van der Waals surface area contributed by atoms with E-state index in [2.05, 4.69) is 12.2 Å². The van der Waals surface area contributed by atoms with Gasteiger partial charge in [-0.15, -0.1) is 0 Å². The Kier molecular flexibility index (Phi) is 4.43. The SMILES string of the molecule is O=C1/C=C/CCCC/C=C\CC1. The van der Waals surface area contributed by atoms with Gasteiger partial charge >= 0.3 is 0 Å². The van der Waals surface area contributed by atoms with Gasteiger partial charge in [0.1, 0.15) is 0 Å². The van der Waals surface area contributed by atoms with Crippen LogP contribution in [0.5, 0.6) is 0 Å². The van der Waals surface area contributed by atoms with Gasteiger partial charge in [0, 0.05) is 6.42 Å². The molecule has 1 rings (SSSR count). The van der Waals surface area contributed by atoms with Gasteiger partial charge in [-0.25, -0.2) is 0 Å². The van der Waals surface area contributed by atoms with E-state index in [1.165, 1.54) is 19.3 Å². The normalized spacial score (nSPS) is 25.8. The second kappa shape index (κ2) is 5.76. The van der Waals surface area contributed by atoms with Gasteiger partial charge in [-0.3, -0.25) is 4.79 Å². The van der Waals surface area contributed by atoms with Crippen molar-refractivity contribution in [1.29, 1.82) is 0 Å². The van der Waals surface area contributed by atoms with Gasteiger partial charge in [-0.2, -0.15) is 0 Å². The molecule has 0 fully saturated rings. The number of rotatable bonds is 0. The monoisotopic (exact) mass is 164 g/mol. The highest BCUT2D eigenvalue weighted by atomic mass is 16.1. The van der Waals surface area contributed by atoms with Crippen molar-refractivity contribution < 1.29 is 4.79 Å². The summed E-state index contributed by atoms with van der Waals surface area (Å²) >= 11 is 0. The fourth-order valence-corrected chi connectivity index (χ4v) is 1.28. The summed E-state index contributed by atoms with van der Waals surface area (Å²) in [4.78, 5) is 11.1. The van der Waals surface area contributed by atoms with Gasteiger partial charge in [0.15, 0.2) is 5.78 Å². The van der Waals surface area contributed by atoms with Gasteiger partial charge in [-0.05, 0) is 38.2 Å². The highest BCUT2D eigenvalue weighted by Gasteiger charge is 1.94. The highest BCUT2D eigenvalue weighted by Crippen LogP contribution is 2.05. The van der Waals surface area contributed by atoms with Crippen molar-refractivity contribution in [3.05, 3.63) is 24.3 Å². The van der Waals surface area contributed by atoms with E-state index in [1.54, 1.807) is 6.08 Å². The molecule has 0 aromatic carbocycles. The van der Waals surface area contributed by atoms with Crippen molar-refractivity contribution >= 4 is 5.78 Å². The maximum atomic E-state index is 11.1. The second-order valence-corrected chi connectivity index (χ2v) is 3.16. The quantitative estimate of drug-likeness (QED) is 0.503. The molecule has 0 saturated carbocycles. The lowest BCUT2D eigenvalue weighted by atomic mass is 10.2. The molecule has 66 valence electrons. The summed E-state index contributed by atoms with van der Waals surface area (Å²) < 4.78 is 0. The van der Waals surface area contributed by atoms with Crippen LogP contribution in [0.2, 0.25) is 0 Å². The predicted molar refractivity (Wildman–Crippen MR) is 51.0 cm³/mol. The molecule has 0 spiro atoms. The van der Waals surface area contributed by atoms with Crippen LogP contribution in [0.4, 0.5) is 0 Å². The number of hydrogen-bond acceptors (Lipinski definition) is 1. The zero-order chi connectivity index (χ0) is 8.65. The van der Waals surface area contributed by atoms with E-state index >= 15 is 0 Å². The largest absolute Gasteiger partial charge is 0.295 e. The first-order valence-electron chi connectivity index (χ1n) is 4.74. The standard InChI is InChI=1S/C11H16O/c12-11-9-7-5-3-1-2-4-6-8-10-11/h3,5,8,10H,1-2,4,6-7,9H2/b5-3-,10-8+. The molecule has 0 aromatic heterocycles. The maximum absolute atomic E-state index is 11.1. The van der Waals surface area contributed by atoms with Gasteiger partial charge in [0.25, 0.3) is 0 Å². The van der Waals surface area contributed by atoms with Crippen LogP contribution in [-0.2, 0) is 4.79 Å². The van der Waals surface area contributed by atoms with Gasteiger partial charge in [-0.1, -0.05) is 18.2 Å². The zero-order valence-electron chi connectivity index (χ0n) is 7.46. The van der Waals surface area contributed by atoms with Crippen LogP contribution in [0.15, 0.2) is 24.3 Å². The van der Waals surface area contributed by atoms with Crippen LogP contribution in [0.1, 0.15) is 38.5 Å². The molecule has 0 unspecified atom stereocenters. The molecule has 0 amide bonds. The Bertz CT molecular complexity index is 189. The number of hydrogen-bond donors (Lipinski definition) is 0. The summed E-state index contributed by atoms with van der Waals surface area (Å²) in [6.07, 6.45) is 14.3. The van der Waals surface area contributed by atoms with Crippen LogP contribution >= 0.6 is 0 Å².